The summed E-state index contributed by atoms with van der Waals surface area (Å²) in [5, 5.41) is 10.4. The third kappa shape index (κ3) is 4.25. The first-order chi connectivity index (χ1) is 14.6. The number of aliphatic hydroxyl groups is 1. The van der Waals surface area contributed by atoms with Crippen LogP contribution < -0.4 is 4.90 Å². The van der Waals surface area contributed by atoms with E-state index < -0.39 is 6.10 Å². The third-order valence-electron chi connectivity index (χ3n) is 6.10. The van der Waals surface area contributed by atoms with Gasteiger partial charge in [-0.15, -0.1) is 0 Å². The second kappa shape index (κ2) is 8.98. The van der Waals surface area contributed by atoms with Crippen LogP contribution in [0.3, 0.4) is 0 Å². The Morgan fingerprint density at radius 2 is 1.73 bits per heavy atom. The summed E-state index contributed by atoms with van der Waals surface area (Å²) < 4.78 is 0. The Bertz CT molecular complexity index is 907. The highest BCUT2D eigenvalue weighted by Crippen LogP contribution is 2.30. The lowest BCUT2D eigenvalue weighted by Crippen LogP contribution is -2.49. The van der Waals surface area contributed by atoms with Gasteiger partial charge in [-0.2, -0.15) is 0 Å². The highest BCUT2D eigenvalue weighted by Gasteiger charge is 2.27. The predicted molar refractivity (Wildman–Crippen MR) is 117 cm³/mol. The predicted octanol–water partition coefficient (Wildman–Crippen LogP) is 2.48. The van der Waals surface area contributed by atoms with Gasteiger partial charge in [-0.25, -0.2) is 0 Å². The zero-order chi connectivity index (χ0) is 21.1. The molecule has 2 aliphatic heterocycles. The van der Waals surface area contributed by atoms with Crippen LogP contribution in [0.4, 0.5) is 5.69 Å². The Balaban J connectivity index is 1.34. The summed E-state index contributed by atoms with van der Waals surface area (Å²) in [6.45, 7) is 5.94. The fourth-order valence-corrected chi connectivity index (χ4v) is 4.33. The topological polar surface area (TPSA) is 64.1 Å². The van der Waals surface area contributed by atoms with Gasteiger partial charge in [-0.1, -0.05) is 37.3 Å². The van der Waals surface area contributed by atoms with Crippen molar-refractivity contribution in [2.75, 3.05) is 44.2 Å². The smallest absolute Gasteiger partial charge is 0.253 e. The Hall–Kier alpha value is -2.70. The van der Waals surface area contributed by atoms with Crippen LogP contribution >= 0.6 is 0 Å². The largest absolute Gasteiger partial charge is 0.387 e. The fraction of sp³-hybridized carbons (Fsp3) is 0.417. The second-order valence-electron chi connectivity index (χ2n) is 8.01. The zero-order valence-electron chi connectivity index (χ0n) is 17.5. The average Bonchev–Trinajstić information content (AvgIpc) is 3.22. The summed E-state index contributed by atoms with van der Waals surface area (Å²) in [4.78, 5) is 31.0. The maximum absolute atomic E-state index is 13.0. The summed E-state index contributed by atoms with van der Waals surface area (Å²) in [6.07, 6.45) is 0.774. The number of anilines is 1. The van der Waals surface area contributed by atoms with Crippen LogP contribution in [0.25, 0.3) is 0 Å². The van der Waals surface area contributed by atoms with E-state index in [0.717, 1.165) is 36.3 Å². The molecule has 6 nitrogen and oxygen atoms in total. The van der Waals surface area contributed by atoms with Crippen LogP contribution in [0, 0.1) is 0 Å². The van der Waals surface area contributed by atoms with E-state index in [1.165, 1.54) is 0 Å². The van der Waals surface area contributed by atoms with E-state index in [2.05, 4.69) is 4.90 Å². The van der Waals surface area contributed by atoms with Gasteiger partial charge in [0.25, 0.3) is 5.91 Å². The number of nitrogens with zero attached hydrogens (tertiary/aromatic N) is 3. The number of amides is 2. The molecule has 2 aromatic rings. The van der Waals surface area contributed by atoms with Crippen molar-refractivity contribution in [1.82, 2.24) is 9.80 Å². The van der Waals surface area contributed by atoms with Gasteiger partial charge in [0.2, 0.25) is 5.91 Å². The van der Waals surface area contributed by atoms with Crippen LogP contribution in [0.1, 0.15) is 40.9 Å². The molecule has 0 aromatic heterocycles. The van der Waals surface area contributed by atoms with Gasteiger partial charge >= 0.3 is 0 Å². The monoisotopic (exact) mass is 407 g/mol. The summed E-state index contributed by atoms with van der Waals surface area (Å²) in [7, 11) is 0. The number of rotatable bonds is 5. The Labute approximate surface area is 177 Å². The van der Waals surface area contributed by atoms with E-state index in [-0.39, 0.29) is 11.8 Å². The molecule has 1 unspecified atom stereocenters. The maximum Gasteiger partial charge on any atom is 0.253 e. The number of β-amino-alcohol motifs (C(OH)–C–C–N with tert-alkyl or cyclic N) is 1. The van der Waals surface area contributed by atoms with Crippen LogP contribution in [0.2, 0.25) is 0 Å². The van der Waals surface area contributed by atoms with Gasteiger partial charge in [-0.05, 0) is 35.7 Å². The van der Waals surface area contributed by atoms with Gasteiger partial charge in [0.05, 0.1) is 6.10 Å². The van der Waals surface area contributed by atoms with E-state index in [9.17, 15) is 14.7 Å². The van der Waals surface area contributed by atoms with Crippen LogP contribution in [-0.4, -0.2) is 66.0 Å². The molecule has 2 aromatic carbocycles. The minimum absolute atomic E-state index is 0.0429. The van der Waals surface area contributed by atoms with Crippen molar-refractivity contribution in [3.8, 4) is 0 Å². The van der Waals surface area contributed by atoms with Crippen molar-refractivity contribution in [3.63, 3.8) is 0 Å². The quantitative estimate of drug-likeness (QED) is 0.827. The summed E-state index contributed by atoms with van der Waals surface area (Å²) in [6, 6.07) is 15.4. The molecular formula is C24H29N3O3. The first-order valence-corrected chi connectivity index (χ1v) is 10.7. The van der Waals surface area contributed by atoms with Crippen molar-refractivity contribution >= 4 is 17.5 Å². The molecule has 0 saturated carbocycles. The van der Waals surface area contributed by atoms with Crippen LogP contribution in [-0.2, 0) is 11.2 Å². The van der Waals surface area contributed by atoms with E-state index in [1.54, 1.807) is 0 Å². The summed E-state index contributed by atoms with van der Waals surface area (Å²) >= 11 is 0. The molecule has 30 heavy (non-hydrogen) atoms. The number of piperazine rings is 1. The first kappa shape index (κ1) is 20.6. The lowest BCUT2D eigenvalue weighted by molar-refractivity contribution is -0.118. The lowest BCUT2D eigenvalue weighted by Gasteiger charge is -2.35. The van der Waals surface area contributed by atoms with Crippen LogP contribution in [0.15, 0.2) is 48.5 Å². The average molecular weight is 408 g/mol. The van der Waals surface area contributed by atoms with Gasteiger partial charge < -0.3 is 14.9 Å². The summed E-state index contributed by atoms with van der Waals surface area (Å²) in [5.41, 5.74) is 3.63. The minimum atomic E-state index is -0.515. The molecule has 2 amide bonds. The molecule has 0 aliphatic carbocycles. The van der Waals surface area contributed by atoms with Gasteiger partial charge in [0.1, 0.15) is 0 Å². The normalized spacial score (nSPS) is 17.7. The highest BCUT2D eigenvalue weighted by molar-refractivity contribution is 5.98. The molecule has 1 N–H and O–H groups in total. The number of hydrogen-bond acceptors (Lipinski definition) is 4. The number of fused-ring (bicyclic) bond motifs is 1. The number of carbonyl (C=O) groups is 2. The molecule has 1 saturated heterocycles. The standard InChI is InChI=1S/C24H29N3O3/c1-2-23(29)27-11-10-19-16-20(8-9-21(19)27)24(30)26-14-12-25(13-15-26)17-22(28)18-6-4-3-5-7-18/h3-9,16,22,28H,2,10-15,17H2,1H3. The number of benzene rings is 2. The molecule has 6 heteroatoms. The van der Waals surface area contributed by atoms with Crippen LogP contribution in [0.5, 0.6) is 0 Å². The molecule has 1 fully saturated rings. The van der Waals surface area contributed by atoms with E-state index >= 15 is 0 Å². The van der Waals surface area contributed by atoms with Crippen molar-refractivity contribution in [2.45, 2.75) is 25.9 Å². The SMILES string of the molecule is CCC(=O)N1CCc2cc(C(=O)N3CCN(CC(O)c4ccccc4)CC3)ccc21. The van der Waals surface area contributed by atoms with Crippen molar-refractivity contribution in [2.24, 2.45) is 0 Å². The fourth-order valence-electron chi connectivity index (χ4n) is 4.33. The molecule has 0 radical (unpaired) electrons. The zero-order valence-corrected chi connectivity index (χ0v) is 17.5. The highest BCUT2D eigenvalue weighted by atomic mass is 16.3. The first-order valence-electron chi connectivity index (χ1n) is 10.7. The summed E-state index contributed by atoms with van der Waals surface area (Å²) in [5.74, 6) is 0.169. The molecule has 0 bridgehead atoms. The van der Waals surface area contributed by atoms with E-state index in [0.29, 0.717) is 38.2 Å². The van der Waals surface area contributed by atoms with E-state index in [4.69, 9.17) is 0 Å². The number of carbonyl (C=O) groups excluding carboxylic acids is 2. The van der Waals surface area contributed by atoms with Gasteiger partial charge in [0.15, 0.2) is 0 Å². The third-order valence-corrected chi connectivity index (χ3v) is 6.10. The molecule has 1 atom stereocenters. The molecule has 2 heterocycles. The lowest BCUT2D eigenvalue weighted by atomic mass is 10.1. The molecule has 0 spiro atoms. The van der Waals surface area contributed by atoms with Crippen molar-refractivity contribution in [3.05, 3.63) is 65.2 Å². The number of hydrogen-bond donors (Lipinski definition) is 1. The molecule has 2 aliphatic rings. The van der Waals surface area contributed by atoms with Crippen molar-refractivity contribution < 1.29 is 14.7 Å². The van der Waals surface area contributed by atoms with Gasteiger partial charge in [-0.3, -0.25) is 14.5 Å². The Kier molecular flexibility index (Phi) is 6.16. The molecular weight excluding hydrogens is 378 g/mol. The van der Waals surface area contributed by atoms with E-state index in [1.807, 2.05) is 65.3 Å². The Morgan fingerprint density at radius 1 is 1.00 bits per heavy atom. The minimum Gasteiger partial charge on any atom is -0.387 e. The van der Waals surface area contributed by atoms with Crippen molar-refractivity contribution in [1.29, 1.82) is 0 Å². The Morgan fingerprint density at radius 3 is 2.43 bits per heavy atom. The molecule has 4 rings (SSSR count). The molecule has 158 valence electrons. The second-order valence-corrected chi connectivity index (χ2v) is 8.01. The maximum atomic E-state index is 13.0. The number of aliphatic hydroxyl groups excluding tert-OH is 1. The van der Waals surface area contributed by atoms with Gasteiger partial charge in [0, 0.05) is 56.9 Å².